The van der Waals surface area contributed by atoms with Crippen molar-refractivity contribution in [3.8, 4) is 5.75 Å². The van der Waals surface area contributed by atoms with Crippen LogP contribution in [0.1, 0.15) is 11.1 Å². The Balaban J connectivity index is 1.47. The zero-order valence-corrected chi connectivity index (χ0v) is 20.4. The second-order valence-electron chi connectivity index (χ2n) is 7.81. The fourth-order valence-corrected chi connectivity index (χ4v) is 3.67. The van der Waals surface area contributed by atoms with E-state index in [0.717, 1.165) is 10.5 Å². The Hall–Kier alpha value is -4.14. The molecule has 36 heavy (non-hydrogen) atoms. The first-order valence-corrected chi connectivity index (χ1v) is 11.4. The first-order valence-electron chi connectivity index (χ1n) is 10.7. The number of aryl methyl sites for hydroxylation is 1. The minimum absolute atomic E-state index is 0.240. The number of carbonyl (C=O) groups excluding carboxylic acids is 4. The van der Waals surface area contributed by atoms with Gasteiger partial charge in [0, 0.05) is 15.7 Å². The Morgan fingerprint density at radius 3 is 2.50 bits per heavy atom. The minimum Gasteiger partial charge on any atom is -0.484 e. The number of barbiturate groups is 1. The molecule has 1 saturated heterocycles. The Bertz CT molecular complexity index is 1400. The van der Waals surface area contributed by atoms with Crippen LogP contribution in [0.2, 0.25) is 10.0 Å². The molecule has 4 rings (SSSR count). The van der Waals surface area contributed by atoms with Crippen molar-refractivity contribution >= 4 is 64.4 Å². The number of hydrogen-bond donors (Lipinski definition) is 2. The lowest BCUT2D eigenvalue weighted by molar-refractivity contribution is -0.122. The maximum absolute atomic E-state index is 13.0. The molecule has 8 nitrogen and oxygen atoms in total. The van der Waals surface area contributed by atoms with Crippen LogP contribution in [0.3, 0.4) is 0 Å². The average Bonchev–Trinajstić information content (AvgIpc) is 2.84. The number of rotatable bonds is 6. The van der Waals surface area contributed by atoms with Crippen LogP contribution in [0.15, 0.2) is 72.3 Å². The molecule has 0 aromatic heterocycles. The highest BCUT2D eigenvalue weighted by Crippen LogP contribution is 2.25. The zero-order valence-electron chi connectivity index (χ0n) is 18.9. The summed E-state index contributed by atoms with van der Waals surface area (Å²) in [6.07, 6.45) is 1.34. The number of nitrogens with one attached hydrogen (secondary N) is 2. The second-order valence-corrected chi connectivity index (χ2v) is 8.65. The topological polar surface area (TPSA) is 105 Å². The smallest absolute Gasteiger partial charge is 0.335 e. The van der Waals surface area contributed by atoms with Crippen molar-refractivity contribution < 1.29 is 23.9 Å². The third kappa shape index (κ3) is 5.73. The van der Waals surface area contributed by atoms with E-state index in [0.29, 0.717) is 27.0 Å². The van der Waals surface area contributed by atoms with Crippen LogP contribution in [-0.2, 0) is 14.4 Å². The number of nitrogens with zero attached hydrogens (tertiary/aromatic N) is 1. The summed E-state index contributed by atoms with van der Waals surface area (Å²) in [5.74, 6) is -1.65. The number of urea groups is 1. The number of benzene rings is 3. The molecule has 0 atom stereocenters. The summed E-state index contributed by atoms with van der Waals surface area (Å²) in [6.45, 7) is 1.58. The van der Waals surface area contributed by atoms with Gasteiger partial charge >= 0.3 is 6.03 Å². The summed E-state index contributed by atoms with van der Waals surface area (Å²) in [4.78, 5) is 50.8. The summed E-state index contributed by atoms with van der Waals surface area (Å²) in [5, 5.41) is 5.83. The van der Waals surface area contributed by atoms with Crippen molar-refractivity contribution in [1.82, 2.24) is 5.32 Å². The van der Waals surface area contributed by atoms with Crippen molar-refractivity contribution in [1.29, 1.82) is 0 Å². The summed E-state index contributed by atoms with van der Waals surface area (Å²) in [6, 6.07) is 16.9. The molecular formula is C26H19Cl2N3O5. The van der Waals surface area contributed by atoms with Gasteiger partial charge in [-0.2, -0.15) is 0 Å². The van der Waals surface area contributed by atoms with Gasteiger partial charge in [-0.25, -0.2) is 9.69 Å². The number of carbonyl (C=O) groups is 4. The molecular weight excluding hydrogens is 505 g/mol. The molecule has 10 heteroatoms. The summed E-state index contributed by atoms with van der Waals surface area (Å²) < 4.78 is 5.56. The van der Waals surface area contributed by atoms with Gasteiger partial charge in [-0.3, -0.25) is 19.7 Å². The molecule has 5 amide bonds. The number of hydrogen-bond acceptors (Lipinski definition) is 5. The molecule has 0 unspecified atom stereocenters. The second kappa shape index (κ2) is 10.6. The fourth-order valence-electron chi connectivity index (χ4n) is 3.36. The lowest BCUT2D eigenvalue weighted by Crippen LogP contribution is -2.54. The lowest BCUT2D eigenvalue weighted by atomic mass is 10.1. The van der Waals surface area contributed by atoms with Gasteiger partial charge in [0.25, 0.3) is 17.7 Å². The van der Waals surface area contributed by atoms with Gasteiger partial charge in [-0.15, -0.1) is 0 Å². The van der Waals surface area contributed by atoms with Gasteiger partial charge < -0.3 is 10.1 Å². The van der Waals surface area contributed by atoms with Crippen LogP contribution >= 0.6 is 23.2 Å². The first-order chi connectivity index (χ1) is 17.2. The van der Waals surface area contributed by atoms with E-state index in [2.05, 4.69) is 10.6 Å². The summed E-state index contributed by atoms with van der Waals surface area (Å²) in [7, 11) is 0. The van der Waals surface area contributed by atoms with Crippen molar-refractivity contribution in [2.75, 3.05) is 16.8 Å². The van der Waals surface area contributed by atoms with E-state index in [4.69, 9.17) is 27.9 Å². The number of halogens is 2. The van der Waals surface area contributed by atoms with Gasteiger partial charge in [0.2, 0.25) is 0 Å². The molecule has 1 aliphatic rings. The zero-order chi connectivity index (χ0) is 25.8. The Morgan fingerprint density at radius 1 is 1.03 bits per heavy atom. The first kappa shape index (κ1) is 25.0. The van der Waals surface area contributed by atoms with Gasteiger partial charge in [0.1, 0.15) is 11.3 Å². The minimum atomic E-state index is -0.859. The van der Waals surface area contributed by atoms with E-state index >= 15 is 0 Å². The van der Waals surface area contributed by atoms with Crippen molar-refractivity contribution in [2.24, 2.45) is 0 Å². The SMILES string of the molecule is Cc1ccc(NC(=O)COc2cccc(/C=C3/C(=O)NC(=O)N(c4ccc(Cl)cc4)C3=O)c2)cc1Cl. The molecule has 1 aliphatic heterocycles. The molecule has 182 valence electrons. The van der Waals surface area contributed by atoms with Gasteiger partial charge in [-0.05, 0) is 72.7 Å². The maximum Gasteiger partial charge on any atom is 0.335 e. The number of ether oxygens (including phenoxy) is 1. The largest absolute Gasteiger partial charge is 0.484 e. The summed E-state index contributed by atoms with van der Waals surface area (Å²) in [5.41, 5.74) is 1.91. The molecule has 0 saturated carbocycles. The van der Waals surface area contributed by atoms with Crippen LogP contribution in [-0.4, -0.2) is 30.4 Å². The molecule has 3 aromatic carbocycles. The number of amides is 5. The van der Waals surface area contributed by atoms with Gasteiger partial charge in [-0.1, -0.05) is 41.4 Å². The molecule has 0 bridgehead atoms. The molecule has 0 aliphatic carbocycles. The Morgan fingerprint density at radius 2 is 1.78 bits per heavy atom. The highest BCUT2D eigenvalue weighted by molar-refractivity contribution is 6.39. The third-order valence-electron chi connectivity index (χ3n) is 5.18. The monoisotopic (exact) mass is 523 g/mol. The standard InChI is InChI=1S/C26H19Cl2N3O5/c1-15-5-8-18(13-22(15)28)29-23(32)14-36-20-4-2-3-16(11-20)12-21-24(33)30-26(35)31(25(21)34)19-9-6-17(27)7-10-19/h2-13H,14H2,1H3,(H,29,32)(H,30,33,35)/b21-12-. The predicted molar refractivity (Wildman–Crippen MR) is 137 cm³/mol. The highest BCUT2D eigenvalue weighted by Gasteiger charge is 2.36. The van der Waals surface area contributed by atoms with Crippen LogP contribution < -0.4 is 20.3 Å². The number of anilines is 2. The van der Waals surface area contributed by atoms with E-state index in [1.54, 1.807) is 42.5 Å². The van der Waals surface area contributed by atoms with Gasteiger partial charge in [0.05, 0.1) is 5.69 Å². The average molecular weight is 524 g/mol. The molecule has 0 spiro atoms. The van der Waals surface area contributed by atoms with E-state index in [1.165, 1.54) is 30.3 Å². The van der Waals surface area contributed by atoms with E-state index in [9.17, 15) is 19.2 Å². The normalized spacial score (nSPS) is 14.6. The van der Waals surface area contributed by atoms with Crippen LogP contribution in [0.25, 0.3) is 6.08 Å². The van der Waals surface area contributed by atoms with Crippen LogP contribution in [0, 0.1) is 6.92 Å². The number of imide groups is 2. The summed E-state index contributed by atoms with van der Waals surface area (Å²) >= 11 is 12.0. The lowest BCUT2D eigenvalue weighted by Gasteiger charge is -2.26. The molecule has 0 radical (unpaired) electrons. The van der Waals surface area contributed by atoms with E-state index in [1.807, 2.05) is 6.92 Å². The maximum atomic E-state index is 13.0. The predicted octanol–water partition coefficient (Wildman–Crippen LogP) is 4.99. The molecule has 3 aromatic rings. The molecule has 1 heterocycles. The third-order valence-corrected chi connectivity index (χ3v) is 5.84. The highest BCUT2D eigenvalue weighted by atomic mass is 35.5. The fraction of sp³-hybridized carbons (Fsp3) is 0.0769. The van der Waals surface area contributed by atoms with Crippen molar-refractivity contribution in [2.45, 2.75) is 6.92 Å². The van der Waals surface area contributed by atoms with E-state index < -0.39 is 23.8 Å². The van der Waals surface area contributed by atoms with Crippen LogP contribution in [0.4, 0.5) is 16.2 Å². The Labute approximate surface area is 216 Å². The van der Waals surface area contributed by atoms with E-state index in [-0.39, 0.29) is 17.9 Å². The van der Waals surface area contributed by atoms with Crippen LogP contribution in [0.5, 0.6) is 5.75 Å². The van der Waals surface area contributed by atoms with Crippen molar-refractivity contribution in [3.63, 3.8) is 0 Å². The van der Waals surface area contributed by atoms with Crippen molar-refractivity contribution in [3.05, 3.63) is 93.5 Å². The van der Waals surface area contributed by atoms with Gasteiger partial charge in [0.15, 0.2) is 6.61 Å². The Kier molecular flexibility index (Phi) is 7.38. The molecule has 2 N–H and O–H groups in total. The quantitative estimate of drug-likeness (QED) is 0.350. The molecule has 1 fully saturated rings.